The van der Waals surface area contributed by atoms with Gasteiger partial charge in [0.1, 0.15) is 11.8 Å². The number of carbonyl (C=O) groups is 2. The highest BCUT2D eigenvalue weighted by Crippen LogP contribution is 2.38. The second-order valence-electron chi connectivity index (χ2n) is 11.1. The Bertz CT molecular complexity index is 982. The third-order valence-corrected chi connectivity index (χ3v) is 8.25. The molecular formula is C31H47N3O3. The van der Waals surface area contributed by atoms with E-state index >= 15 is 0 Å². The largest absolute Gasteiger partial charge is 0.393 e. The minimum atomic E-state index is -0.589. The summed E-state index contributed by atoms with van der Waals surface area (Å²) in [4.78, 5) is 27.1. The number of ketones is 2. The number of aliphatic hydroxyl groups excluding tert-OH is 1. The lowest BCUT2D eigenvalue weighted by Gasteiger charge is -2.33. The van der Waals surface area contributed by atoms with Gasteiger partial charge in [0.2, 0.25) is 0 Å². The maximum absolute atomic E-state index is 13.6. The van der Waals surface area contributed by atoms with E-state index in [-0.39, 0.29) is 23.5 Å². The van der Waals surface area contributed by atoms with Gasteiger partial charge in [0.15, 0.2) is 5.78 Å². The molecule has 5 atom stereocenters. The van der Waals surface area contributed by atoms with E-state index in [1.807, 2.05) is 31.1 Å². The third-order valence-electron chi connectivity index (χ3n) is 8.25. The zero-order chi connectivity index (χ0) is 27.1. The van der Waals surface area contributed by atoms with Crippen molar-refractivity contribution < 1.29 is 14.7 Å². The lowest BCUT2D eigenvalue weighted by atomic mass is 9.80. The summed E-state index contributed by atoms with van der Waals surface area (Å²) in [6, 6.07) is 8.38. The first-order valence-electron chi connectivity index (χ1n) is 14.1. The first kappa shape index (κ1) is 29.1. The first-order valence-corrected chi connectivity index (χ1v) is 14.1. The van der Waals surface area contributed by atoms with E-state index in [0.717, 1.165) is 19.4 Å². The molecule has 0 radical (unpaired) electrons. The molecule has 1 heterocycles. The van der Waals surface area contributed by atoms with Crippen LogP contribution in [-0.4, -0.2) is 46.9 Å². The molecule has 37 heavy (non-hydrogen) atoms. The number of nitrogens with zero attached hydrogens (tertiary/aromatic N) is 1. The third kappa shape index (κ3) is 7.11. The number of nitrogens with one attached hydrogen (secondary N) is 2. The fraction of sp³-hybridized carbons (Fsp3) is 0.613. The topological polar surface area (TPSA) is 81.7 Å². The number of Topliss-reactive ketones (excluding diaryl/α,β-unsaturated/α-hetero) is 2. The molecule has 0 amide bonds. The lowest BCUT2D eigenvalue weighted by Crippen LogP contribution is -2.49. The Morgan fingerprint density at radius 2 is 1.78 bits per heavy atom. The summed E-state index contributed by atoms with van der Waals surface area (Å²) in [5, 5.41) is 15.7. The molecule has 1 fully saturated rings. The smallest absolute Gasteiger partial charge is 0.160 e. The molecule has 1 saturated carbocycles. The van der Waals surface area contributed by atoms with Crippen LogP contribution in [0.15, 0.2) is 42.2 Å². The molecule has 204 valence electrons. The molecule has 0 saturated heterocycles. The van der Waals surface area contributed by atoms with Gasteiger partial charge in [0.05, 0.1) is 6.10 Å². The molecule has 0 spiro atoms. The second kappa shape index (κ2) is 13.4. The van der Waals surface area contributed by atoms with Crippen molar-refractivity contribution in [3.63, 3.8) is 0 Å². The standard InChI is InChI=1S/C31H47N3O3/c1-7-23(25-12-10-24(11-13-25)21(5)22(6)32-8-2)14-15-29(36)27-18-26(35)19-28(27)31(37)30(20(3)4)34-17-9-16-33-34/h9-13,17,20,23,26-28,30,32-33,35H,7-8,14-16,18-19H2,1-6H3/b22-21+/t23-,26-,27-,28?,30+/m1/s1. The first-order chi connectivity index (χ1) is 17.7. The molecule has 0 aromatic heterocycles. The van der Waals surface area contributed by atoms with Crippen molar-refractivity contribution in [2.45, 2.75) is 91.7 Å². The fourth-order valence-corrected chi connectivity index (χ4v) is 5.98. The number of hydrogen-bond donors (Lipinski definition) is 3. The van der Waals surface area contributed by atoms with Crippen molar-refractivity contribution >= 4 is 17.1 Å². The van der Waals surface area contributed by atoms with Crippen LogP contribution < -0.4 is 10.7 Å². The summed E-state index contributed by atoms with van der Waals surface area (Å²) < 4.78 is 0. The molecule has 1 aliphatic heterocycles. The zero-order valence-corrected chi connectivity index (χ0v) is 23.6. The highest BCUT2D eigenvalue weighted by molar-refractivity contribution is 5.93. The van der Waals surface area contributed by atoms with Crippen molar-refractivity contribution in [2.24, 2.45) is 17.8 Å². The van der Waals surface area contributed by atoms with Gasteiger partial charge in [-0.2, -0.15) is 0 Å². The van der Waals surface area contributed by atoms with E-state index in [0.29, 0.717) is 31.7 Å². The normalized spacial score (nSPS) is 23.8. The predicted octanol–water partition coefficient (Wildman–Crippen LogP) is 5.20. The number of carbonyl (C=O) groups excluding carboxylic acids is 2. The molecular weight excluding hydrogens is 462 g/mol. The molecule has 3 N–H and O–H groups in total. The van der Waals surface area contributed by atoms with Gasteiger partial charge in [0.25, 0.3) is 0 Å². The molecule has 1 unspecified atom stereocenters. The van der Waals surface area contributed by atoms with Crippen LogP contribution in [0.5, 0.6) is 0 Å². The van der Waals surface area contributed by atoms with Gasteiger partial charge >= 0.3 is 0 Å². The van der Waals surface area contributed by atoms with Gasteiger partial charge < -0.3 is 15.4 Å². The Labute approximate surface area is 223 Å². The summed E-state index contributed by atoms with van der Waals surface area (Å²) in [5.41, 5.74) is 8.12. The van der Waals surface area contributed by atoms with Gasteiger partial charge in [-0.25, -0.2) is 5.43 Å². The minimum absolute atomic E-state index is 0.0721. The Balaban J connectivity index is 1.66. The van der Waals surface area contributed by atoms with E-state index in [9.17, 15) is 14.7 Å². The van der Waals surface area contributed by atoms with Crippen molar-refractivity contribution in [1.29, 1.82) is 0 Å². The zero-order valence-electron chi connectivity index (χ0n) is 23.6. The lowest BCUT2D eigenvalue weighted by molar-refractivity contribution is -0.135. The summed E-state index contributed by atoms with van der Waals surface area (Å²) in [6.45, 7) is 14.2. The number of allylic oxidation sites excluding steroid dienone is 2. The maximum atomic E-state index is 13.6. The fourth-order valence-electron chi connectivity index (χ4n) is 5.98. The molecule has 1 aliphatic carbocycles. The summed E-state index contributed by atoms with van der Waals surface area (Å²) in [5.74, 6) is -0.221. The Morgan fingerprint density at radius 1 is 1.11 bits per heavy atom. The highest BCUT2D eigenvalue weighted by Gasteiger charge is 2.45. The second-order valence-corrected chi connectivity index (χ2v) is 11.1. The van der Waals surface area contributed by atoms with Crippen LogP contribution in [0.1, 0.15) is 90.7 Å². The summed E-state index contributed by atoms with van der Waals surface area (Å²) in [6.07, 6.45) is 6.25. The van der Waals surface area contributed by atoms with E-state index in [1.54, 1.807) is 0 Å². The van der Waals surface area contributed by atoms with Gasteiger partial charge in [-0.1, -0.05) is 51.1 Å². The summed E-state index contributed by atoms with van der Waals surface area (Å²) in [7, 11) is 0. The average Bonchev–Trinajstić information content (AvgIpc) is 3.54. The van der Waals surface area contributed by atoms with Crippen LogP contribution in [0.2, 0.25) is 0 Å². The molecule has 6 heteroatoms. The van der Waals surface area contributed by atoms with Crippen LogP contribution in [-0.2, 0) is 9.59 Å². The van der Waals surface area contributed by atoms with Gasteiger partial charge in [-0.15, -0.1) is 0 Å². The number of benzene rings is 1. The van der Waals surface area contributed by atoms with E-state index in [4.69, 9.17) is 0 Å². The monoisotopic (exact) mass is 509 g/mol. The van der Waals surface area contributed by atoms with Gasteiger partial charge in [-0.3, -0.25) is 9.59 Å². The quantitative estimate of drug-likeness (QED) is 0.339. The maximum Gasteiger partial charge on any atom is 0.160 e. The number of rotatable bonds is 13. The summed E-state index contributed by atoms with van der Waals surface area (Å²) >= 11 is 0. The van der Waals surface area contributed by atoms with Crippen LogP contribution >= 0.6 is 0 Å². The minimum Gasteiger partial charge on any atom is -0.393 e. The van der Waals surface area contributed by atoms with Crippen molar-refractivity contribution in [2.75, 3.05) is 13.1 Å². The predicted molar refractivity (Wildman–Crippen MR) is 150 cm³/mol. The van der Waals surface area contributed by atoms with Gasteiger partial charge in [0, 0.05) is 43.2 Å². The average molecular weight is 510 g/mol. The molecule has 0 bridgehead atoms. The van der Waals surface area contributed by atoms with E-state index < -0.39 is 17.9 Å². The molecule has 1 aromatic rings. The van der Waals surface area contributed by atoms with Crippen LogP contribution in [0.4, 0.5) is 0 Å². The van der Waals surface area contributed by atoms with Crippen LogP contribution in [0.3, 0.4) is 0 Å². The Morgan fingerprint density at radius 3 is 2.35 bits per heavy atom. The Hall–Kier alpha value is -2.44. The van der Waals surface area contributed by atoms with Crippen molar-refractivity contribution in [1.82, 2.24) is 15.8 Å². The van der Waals surface area contributed by atoms with Gasteiger partial charge in [-0.05, 0) is 75.0 Å². The SMILES string of the molecule is CCN/C(C)=C(\C)c1ccc([C@H](CC)CCC(=O)[C@@H]2C[C@@H](O)CC2C(=O)[C@H](C(C)C)N2C=CCN2)cc1. The van der Waals surface area contributed by atoms with E-state index in [1.165, 1.54) is 22.4 Å². The number of hydrogen-bond acceptors (Lipinski definition) is 6. The van der Waals surface area contributed by atoms with Crippen LogP contribution in [0, 0.1) is 17.8 Å². The molecule has 1 aromatic carbocycles. The molecule has 3 rings (SSSR count). The van der Waals surface area contributed by atoms with Crippen molar-refractivity contribution in [3.05, 3.63) is 53.4 Å². The van der Waals surface area contributed by atoms with Crippen LogP contribution in [0.25, 0.3) is 5.57 Å². The Kier molecular flexibility index (Phi) is 10.5. The number of aliphatic hydroxyl groups is 1. The van der Waals surface area contributed by atoms with Crippen molar-refractivity contribution in [3.8, 4) is 0 Å². The molecule has 2 aliphatic rings. The highest BCUT2D eigenvalue weighted by atomic mass is 16.3. The number of hydrazine groups is 1. The molecule has 6 nitrogen and oxygen atoms in total. The van der Waals surface area contributed by atoms with E-state index in [2.05, 4.69) is 62.7 Å².